The first kappa shape index (κ1) is 41.2. The van der Waals surface area contributed by atoms with E-state index < -0.39 is 0 Å². The quantitative estimate of drug-likeness (QED) is 0.109. The van der Waals surface area contributed by atoms with E-state index in [1.54, 1.807) is 7.11 Å². The third-order valence-electron chi connectivity index (χ3n) is 7.18. The maximum Gasteiger partial charge on any atom is 1.00 e. The van der Waals surface area contributed by atoms with Gasteiger partial charge in [-0.1, -0.05) is 24.3 Å². The summed E-state index contributed by atoms with van der Waals surface area (Å²) in [4.78, 5) is 5.08. The molecule has 1 unspecified atom stereocenters. The van der Waals surface area contributed by atoms with Gasteiger partial charge in [-0.05, 0) is 88.0 Å². The van der Waals surface area contributed by atoms with Crippen molar-refractivity contribution in [2.24, 2.45) is 17.4 Å². The Labute approximate surface area is 316 Å². The van der Waals surface area contributed by atoms with Gasteiger partial charge in [0, 0.05) is 35.3 Å². The third-order valence-corrected chi connectivity index (χ3v) is 7.18. The molecule has 0 saturated heterocycles. The molecule has 8 nitrogen and oxygen atoms in total. The number of aryl methyl sites for hydroxylation is 2. The standard InChI is InChI=1S/C29H33N4O2.C3H4F.C3H5N.CH5N.K/c1-6-35-28-19(4)13-25(33-29(28)32-24-9-7-8-17(2)23(24)16-30)22(21-10-11-21)14-20-12-18(3)27(31)26(15-20)34-5;4-3-1-2-3;1-2-3-4;1-2;/h3,7-9,12-13,15-16,21-22,30-31H,6,10-11,14H2,1-2,4-5H3,(H,32,33);1-2H2;3H,1,4H2;2H2,1H3;/q2*-1;;;+1. The van der Waals surface area contributed by atoms with Gasteiger partial charge in [0.25, 0.3) is 0 Å². The Hall–Kier alpha value is -2.82. The number of halogens is 1. The van der Waals surface area contributed by atoms with Crippen molar-refractivity contribution in [1.82, 2.24) is 4.98 Å². The number of benzene rings is 1. The number of allylic oxidation sites excluding steroid dienone is 4. The van der Waals surface area contributed by atoms with Gasteiger partial charge in [0.1, 0.15) is 0 Å². The van der Waals surface area contributed by atoms with Crippen LogP contribution in [0.5, 0.6) is 5.75 Å². The summed E-state index contributed by atoms with van der Waals surface area (Å²) < 4.78 is 22.4. The van der Waals surface area contributed by atoms with Crippen LogP contribution in [-0.4, -0.2) is 37.7 Å². The average Bonchev–Trinajstić information content (AvgIpc) is 3.98. The van der Waals surface area contributed by atoms with E-state index >= 15 is 0 Å². The molecule has 1 aromatic heterocycles. The minimum atomic E-state index is 0. The van der Waals surface area contributed by atoms with Crippen LogP contribution in [0.2, 0.25) is 0 Å². The molecule has 1 heterocycles. The second kappa shape index (κ2) is 21.1. The number of hydrogen-bond acceptors (Lipinski definition) is 8. The number of hydrogen-bond donors (Lipinski definition) is 5. The zero-order valence-corrected chi connectivity index (χ0v) is 31.2. The van der Waals surface area contributed by atoms with Crippen LogP contribution < -0.4 is 72.9 Å². The van der Waals surface area contributed by atoms with Crippen molar-refractivity contribution < 1.29 is 65.2 Å². The van der Waals surface area contributed by atoms with Gasteiger partial charge in [0.05, 0.1) is 19.5 Å². The molecule has 5 rings (SSSR count). The Bertz CT molecular complexity index is 1460. The predicted octanol–water partition coefficient (Wildman–Crippen LogP) is 4.68. The first-order valence-electron chi connectivity index (χ1n) is 15.0. The molecule has 7 N–H and O–H groups in total. The summed E-state index contributed by atoms with van der Waals surface area (Å²) in [6, 6.07) is 8.06. The van der Waals surface area contributed by atoms with Crippen molar-refractivity contribution in [2.45, 2.75) is 58.8 Å². The predicted molar refractivity (Wildman–Crippen MR) is 183 cm³/mol. The molecule has 3 aliphatic carbocycles. The summed E-state index contributed by atoms with van der Waals surface area (Å²) in [5.41, 5.74) is 18.0. The summed E-state index contributed by atoms with van der Waals surface area (Å²) in [5.74, 6) is 2.65. The summed E-state index contributed by atoms with van der Waals surface area (Å²) >= 11 is 0. The summed E-state index contributed by atoms with van der Waals surface area (Å²) in [7, 11) is 3.07. The number of nitrogens with zero attached hydrogens (tertiary/aromatic N) is 1. The van der Waals surface area contributed by atoms with Crippen molar-refractivity contribution in [2.75, 3.05) is 26.1 Å². The summed E-state index contributed by atoms with van der Waals surface area (Å²) in [5, 5.41) is 19.5. The Kier molecular flexibility index (Phi) is 18.9. The number of aromatic nitrogens is 1. The first-order chi connectivity index (χ1) is 21.7. The molecule has 0 aliphatic heterocycles. The molecular weight excluding hydrogens is 607 g/mol. The molecule has 0 radical (unpaired) electrons. The van der Waals surface area contributed by atoms with Crippen molar-refractivity contribution in [3.05, 3.63) is 107 Å². The monoisotopic (exact) mass is 653 g/mol. The zero-order valence-electron chi connectivity index (χ0n) is 28.1. The van der Waals surface area contributed by atoms with Gasteiger partial charge < -0.3 is 41.5 Å². The van der Waals surface area contributed by atoms with Crippen LogP contribution in [0.15, 0.2) is 71.8 Å². The van der Waals surface area contributed by atoms with Gasteiger partial charge in [-0.15, -0.1) is 5.73 Å². The number of nitrogens with one attached hydrogen (secondary N) is 3. The van der Waals surface area contributed by atoms with Crippen molar-refractivity contribution in [3.63, 3.8) is 0 Å². The molecule has 46 heavy (non-hydrogen) atoms. The molecule has 0 spiro atoms. The normalized spacial score (nSPS) is 15.2. The molecule has 3 aliphatic rings. The number of ether oxygens (including phenoxy) is 2. The molecule has 1 atom stereocenters. The zero-order chi connectivity index (χ0) is 33.5. The fourth-order valence-electron chi connectivity index (χ4n) is 4.68. The second-order valence-electron chi connectivity index (χ2n) is 10.6. The molecule has 242 valence electrons. The average molecular weight is 654 g/mol. The van der Waals surface area contributed by atoms with E-state index in [1.807, 2.05) is 44.2 Å². The molecule has 1 aromatic carbocycles. The van der Waals surface area contributed by atoms with Crippen LogP contribution in [0.1, 0.15) is 67.3 Å². The minimum Gasteiger partial charge on any atom is -0.507 e. The summed E-state index contributed by atoms with van der Waals surface area (Å²) in [6.45, 7) is 15.8. The molecule has 0 bridgehead atoms. The maximum atomic E-state index is 11.0. The molecular formula is C36H47FKN6O2-. The van der Waals surface area contributed by atoms with E-state index in [0.29, 0.717) is 29.7 Å². The topological polar surface area (TPSA) is 143 Å². The van der Waals surface area contributed by atoms with E-state index in [4.69, 9.17) is 37.6 Å². The van der Waals surface area contributed by atoms with Crippen molar-refractivity contribution in [3.8, 4) is 5.75 Å². The SMILES string of the molecule is C=C=CN.CN.F[C-]1CC1.[CH-]=C1C=C(CC(c2cc(C)c(OCC)c(Nc3cccc(C)c3C=N)n2)C2CC2)C=C(OC)C1=N.[K+]. The van der Waals surface area contributed by atoms with Gasteiger partial charge in [-0.25, -0.2) is 11.6 Å². The Morgan fingerprint density at radius 1 is 1.24 bits per heavy atom. The van der Waals surface area contributed by atoms with Crippen molar-refractivity contribution in [1.29, 1.82) is 10.8 Å². The van der Waals surface area contributed by atoms with Gasteiger partial charge in [-0.2, -0.15) is 30.7 Å². The second-order valence-corrected chi connectivity index (χ2v) is 10.6. The van der Waals surface area contributed by atoms with E-state index in [0.717, 1.165) is 58.7 Å². The van der Waals surface area contributed by atoms with Crippen LogP contribution in [0.25, 0.3) is 0 Å². The van der Waals surface area contributed by atoms with Crippen LogP contribution in [-0.2, 0) is 4.74 Å². The third kappa shape index (κ3) is 12.4. The van der Waals surface area contributed by atoms with Crippen LogP contribution in [0.4, 0.5) is 15.9 Å². The van der Waals surface area contributed by atoms with Gasteiger partial charge in [-0.3, -0.25) is 0 Å². The fraction of sp³-hybridized carbons (Fsp3) is 0.361. The van der Waals surface area contributed by atoms with Gasteiger partial charge in [0.2, 0.25) is 0 Å². The van der Waals surface area contributed by atoms with Crippen LogP contribution >= 0.6 is 0 Å². The molecule has 2 saturated carbocycles. The van der Waals surface area contributed by atoms with E-state index in [1.165, 1.54) is 32.3 Å². The minimum absolute atomic E-state index is 0. The van der Waals surface area contributed by atoms with Crippen molar-refractivity contribution >= 4 is 23.4 Å². The largest absolute Gasteiger partial charge is 1.00 e. The van der Waals surface area contributed by atoms with Gasteiger partial charge >= 0.3 is 51.4 Å². The number of methoxy groups -OCH3 is 1. The first-order valence-corrected chi connectivity index (χ1v) is 15.0. The maximum absolute atomic E-state index is 11.0. The smallest absolute Gasteiger partial charge is 0.507 e. The van der Waals surface area contributed by atoms with E-state index in [-0.39, 0.29) is 69.2 Å². The van der Waals surface area contributed by atoms with Crippen LogP contribution in [0.3, 0.4) is 0 Å². The Morgan fingerprint density at radius 2 is 1.87 bits per heavy atom. The number of pyridine rings is 1. The Balaban J connectivity index is 0.000000838. The van der Waals surface area contributed by atoms with Gasteiger partial charge in [0.15, 0.2) is 11.6 Å². The number of anilines is 2. The molecule has 10 heteroatoms. The molecule has 2 fully saturated rings. The number of nitrogens with two attached hydrogens (primary N) is 2. The van der Waals surface area contributed by atoms with Crippen LogP contribution in [0, 0.1) is 43.3 Å². The summed E-state index contributed by atoms with van der Waals surface area (Å²) in [6.07, 6.45) is 11.2. The fourth-order valence-corrected chi connectivity index (χ4v) is 4.68. The van der Waals surface area contributed by atoms with E-state index in [9.17, 15) is 4.39 Å². The Morgan fingerprint density at radius 3 is 2.37 bits per heavy atom. The number of rotatable bonds is 10. The molecule has 0 amide bonds. The molecule has 2 aromatic rings. The van der Waals surface area contributed by atoms with E-state index in [2.05, 4.69) is 36.4 Å².